The van der Waals surface area contributed by atoms with Crippen LogP contribution in [0.1, 0.15) is 38.1 Å². The van der Waals surface area contributed by atoms with Crippen molar-refractivity contribution in [2.45, 2.75) is 25.7 Å². The van der Waals surface area contributed by atoms with E-state index in [1.165, 1.54) is 35.6 Å². The maximum Gasteiger partial charge on any atom is 0.341 e. The molecule has 2 heterocycles. The molecule has 31 heavy (non-hydrogen) atoms. The van der Waals surface area contributed by atoms with E-state index in [-0.39, 0.29) is 42.6 Å². The quantitative estimate of drug-likeness (QED) is 0.629. The lowest BCUT2D eigenvalue weighted by Crippen LogP contribution is -2.49. The van der Waals surface area contributed by atoms with Crippen LogP contribution in [-0.2, 0) is 19.6 Å². The van der Waals surface area contributed by atoms with Crippen LogP contribution in [0.4, 0.5) is 5.00 Å². The van der Waals surface area contributed by atoms with Crippen molar-refractivity contribution >= 4 is 44.1 Å². The van der Waals surface area contributed by atoms with Crippen molar-refractivity contribution in [3.05, 3.63) is 45.8 Å². The highest BCUT2D eigenvalue weighted by Crippen LogP contribution is 2.33. The number of hydrogen-bond donors (Lipinski definition) is 2. The van der Waals surface area contributed by atoms with Crippen molar-refractivity contribution in [2.24, 2.45) is 0 Å². The SMILES string of the molecule is CCOC(=O)c1c(NC(=O)c2cccc(S(=O)(=O)N3CCNC(=O)C3)c2)sc(C)c1C. The topological polar surface area (TPSA) is 122 Å². The molecule has 1 fully saturated rings. The highest BCUT2D eigenvalue weighted by molar-refractivity contribution is 7.89. The Morgan fingerprint density at radius 2 is 2.03 bits per heavy atom. The van der Waals surface area contributed by atoms with Gasteiger partial charge in [-0.1, -0.05) is 6.07 Å². The maximum absolute atomic E-state index is 12.9. The number of ether oxygens (including phenoxy) is 1. The summed E-state index contributed by atoms with van der Waals surface area (Å²) in [7, 11) is -3.93. The number of nitrogens with one attached hydrogen (secondary N) is 2. The number of aryl methyl sites for hydroxylation is 1. The standard InChI is InChI=1S/C20H23N3O6S2/c1-4-29-20(26)17-12(2)13(3)30-19(17)22-18(25)14-6-5-7-15(10-14)31(27,28)23-9-8-21-16(24)11-23/h5-7,10H,4,8-9,11H2,1-3H3,(H,21,24)(H,22,25). The first-order valence-electron chi connectivity index (χ1n) is 9.60. The number of amides is 2. The van der Waals surface area contributed by atoms with Crippen LogP contribution in [0, 0.1) is 13.8 Å². The lowest BCUT2D eigenvalue weighted by molar-refractivity contribution is -0.122. The number of piperazine rings is 1. The molecule has 0 aliphatic carbocycles. The molecule has 1 aliphatic rings. The molecule has 0 saturated carbocycles. The van der Waals surface area contributed by atoms with Crippen molar-refractivity contribution in [2.75, 3.05) is 31.6 Å². The number of benzene rings is 1. The summed E-state index contributed by atoms with van der Waals surface area (Å²) in [5, 5.41) is 5.62. The second-order valence-electron chi connectivity index (χ2n) is 6.88. The summed E-state index contributed by atoms with van der Waals surface area (Å²) in [6, 6.07) is 5.58. The van der Waals surface area contributed by atoms with E-state index in [0.717, 1.165) is 14.7 Å². The first kappa shape index (κ1) is 22.9. The van der Waals surface area contributed by atoms with Gasteiger partial charge in [0.25, 0.3) is 5.91 Å². The van der Waals surface area contributed by atoms with Gasteiger partial charge in [-0.3, -0.25) is 9.59 Å². The summed E-state index contributed by atoms with van der Waals surface area (Å²) in [6.45, 7) is 5.62. The van der Waals surface area contributed by atoms with E-state index in [1.54, 1.807) is 13.8 Å². The predicted molar refractivity (Wildman–Crippen MR) is 116 cm³/mol. The zero-order valence-corrected chi connectivity index (χ0v) is 19.0. The van der Waals surface area contributed by atoms with E-state index in [4.69, 9.17) is 4.74 Å². The van der Waals surface area contributed by atoms with Gasteiger partial charge in [-0.25, -0.2) is 13.2 Å². The fourth-order valence-corrected chi connectivity index (χ4v) is 5.59. The summed E-state index contributed by atoms with van der Waals surface area (Å²) in [6.07, 6.45) is 0. The molecule has 0 radical (unpaired) electrons. The monoisotopic (exact) mass is 465 g/mol. The summed E-state index contributed by atoms with van der Waals surface area (Å²) in [5.41, 5.74) is 1.13. The molecule has 166 valence electrons. The third-order valence-corrected chi connectivity index (χ3v) is 7.79. The number of hydrogen-bond acceptors (Lipinski definition) is 7. The number of rotatable bonds is 6. The Labute approximate surface area is 184 Å². The van der Waals surface area contributed by atoms with E-state index in [0.29, 0.717) is 10.6 Å². The van der Waals surface area contributed by atoms with Gasteiger partial charge in [0.15, 0.2) is 0 Å². The van der Waals surface area contributed by atoms with Gasteiger partial charge < -0.3 is 15.4 Å². The van der Waals surface area contributed by atoms with Crippen molar-refractivity contribution in [1.29, 1.82) is 0 Å². The number of thiophene rings is 1. The minimum Gasteiger partial charge on any atom is -0.462 e. The Hall–Kier alpha value is -2.76. The second-order valence-corrected chi connectivity index (χ2v) is 10.0. The lowest BCUT2D eigenvalue weighted by Gasteiger charge is -2.26. The summed E-state index contributed by atoms with van der Waals surface area (Å²) in [4.78, 5) is 37.5. The molecule has 0 spiro atoms. The smallest absolute Gasteiger partial charge is 0.341 e. The van der Waals surface area contributed by atoms with Crippen LogP contribution in [0.25, 0.3) is 0 Å². The Balaban J connectivity index is 1.87. The fraction of sp³-hybridized carbons (Fsp3) is 0.350. The van der Waals surface area contributed by atoms with E-state index in [1.807, 2.05) is 6.92 Å². The van der Waals surface area contributed by atoms with Gasteiger partial charge in [0, 0.05) is 23.5 Å². The molecule has 9 nitrogen and oxygen atoms in total. The maximum atomic E-state index is 12.9. The Morgan fingerprint density at radius 3 is 2.71 bits per heavy atom. The number of anilines is 1. The zero-order chi connectivity index (χ0) is 22.8. The lowest BCUT2D eigenvalue weighted by atomic mass is 10.1. The van der Waals surface area contributed by atoms with Crippen LogP contribution in [0.3, 0.4) is 0 Å². The largest absolute Gasteiger partial charge is 0.462 e. The molecule has 1 aromatic carbocycles. The molecule has 0 unspecified atom stereocenters. The molecule has 3 rings (SSSR count). The Morgan fingerprint density at radius 1 is 1.29 bits per heavy atom. The normalized spacial score (nSPS) is 14.7. The fourth-order valence-electron chi connectivity index (χ4n) is 3.11. The molecular formula is C20H23N3O6S2. The van der Waals surface area contributed by atoms with Crippen molar-refractivity contribution < 1.29 is 27.5 Å². The molecule has 0 bridgehead atoms. The minimum absolute atomic E-state index is 0.0843. The van der Waals surface area contributed by atoms with E-state index in [9.17, 15) is 22.8 Å². The summed E-state index contributed by atoms with van der Waals surface area (Å²) >= 11 is 1.25. The van der Waals surface area contributed by atoms with Gasteiger partial charge >= 0.3 is 5.97 Å². The molecule has 1 aliphatic heterocycles. The van der Waals surface area contributed by atoms with E-state index >= 15 is 0 Å². The van der Waals surface area contributed by atoms with Crippen LogP contribution in [-0.4, -0.2) is 56.7 Å². The number of esters is 1. The second kappa shape index (κ2) is 9.16. The summed E-state index contributed by atoms with van der Waals surface area (Å²) in [5.74, 6) is -1.46. The first-order chi connectivity index (χ1) is 14.6. The molecule has 0 atom stereocenters. The molecule has 1 saturated heterocycles. The third-order valence-electron chi connectivity index (χ3n) is 4.83. The average molecular weight is 466 g/mol. The molecular weight excluding hydrogens is 442 g/mol. The van der Waals surface area contributed by atoms with Crippen LogP contribution in [0.15, 0.2) is 29.2 Å². The zero-order valence-electron chi connectivity index (χ0n) is 17.4. The third kappa shape index (κ3) is 4.78. The number of sulfonamides is 1. The highest BCUT2D eigenvalue weighted by atomic mass is 32.2. The molecule has 2 aromatic rings. The van der Waals surface area contributed by atoms with Gasteiger partial charge in [-0.15, -0.1) is 11.3 Å². The van der Waals surface area contributed by atoms with Crippen LogP contribution in [0.2, 0.25) is 0 Å². The van der Waals surface area contributed by atoms with Crippen LogP contribution in [0.5, 0.6) is 0 Å². The average Bonchev–Trinajstić information content (AvgIpc) is 3.01. The van der Waals surface area contributed by atoms with E-state index < -0.39 is 21.9 Å². The van der Waals surface area contributed by atoms with Crippen LogP contribution >= 0.6 is 11.3 Å². The highest BCUT2D eigenvalue weighted by Gasteiger charge is 2.30. The number of carbonyl (C=O) groups excluding carboxylic acids is 3. The molecule has 2 amide bonds. The molecule has 2 N–H and O–H groups in total. The van der Waals surface area contributed by atoms with Crippen molar-refractivity contribution in [3.8, 4) is 0 Å². The first-order valence-corrected chi connectivity index (χ1v) is 11.9. The van der Waals surface area contributed by atoms with Gasteiger partial charge in [0.2, 0.25) is 15.9 Å². The van der Waals surface area contributed by atoms with Gasteiger partial charge in [-0.2, -0.15) is 4.31 Å². The van der Waals surface area contributed by atoms with Crippen LogP contribution < -0.4 is 10.6 Å². The van der Waals surface area contributed by atoms with Gasteiger partial charge in [0.05, 0.1) is 23.6 Å². The van der Waals surface area contributed by atoms with Crippen molar-refractivity contribution in [3.63, 3.8) is 0 Å². The number of carbonyl (C=O) groups is 3. The Bertz CT molecular complexity index is 1140. The summed E-state index contributed by atoms with van der Waals surface area (Å²) < 4.78 is 31.9. The van der Waals surface area contributed by atoms with Crippen molar-refractivity contribution in [1.82, 2.24) is 9.62 Å². The predicted octanol–water partition coefficient (Wildman–Crippen LogP) is 1.91. The molecule has 11 heteroatoms. The van der Waals surface area contributed by atoms with Gasteiger partial charge in [0.1, 0.15) is 5.00 Å². The number of nitrogens with zero attached hydrogens (tertiary/aromatic N) is 1. The Kier molecular flexibility index (Phi) is 6.77. The van der Waals surface area contributed by atoms with Gasteiger partial charge in [-0.05, 0) is 44.5 Å². The molecule has 1 aromatic heterocycles. The van der Waals surface area contributed by atoms with E-state index in [2.05, 4.69) is 10.6 Å². The minimum atomic E-state index is -3.93.